The van der Waals surface area contributed by atoms with Crippen LogP contribution in [0.15, 0.2) is 5.11 Å². The number of aliphatic hydroxyl groups excluding tert-OH is 3. The van der Waals surface area contributed by atoms with Crippen molar-refractivity contribution < 1.29 is 20.1 Å². The molecule has 0 amide bonds. The quantitative estimate of drug-likeness (QED) is 0.301. The Labute approximate surface area is 80.6 Å². The summed E-state index contributed by atoms with van der Waals surface area (Å²) in [6, 6.07) is 0. The van der Waals surface area contributed by atoms with E-state index in [4.69, 9.17) is 15.7 Å². The Morgan fingerprint density at radius 1 is 1.50 bits per heavy atom. The minimum Gasteiger partial charge on any atom is -0.390 e. The lowest BCUT2D eigenvalue weighted by Crippen LogP contribution is -2.43. The molecule has 0 aliphatic heterocycles. The molecule has 0 aliphatic carbocycles. The number of Topliss-reactive ketones (excluding diaryl/α,β-unsaturated/α-hetero) is 1. The van der Waals surface area contributed by atoms with Gasteiger partial charge < -0.3 is 15.3 Å². The molecule has 0 rings (SSSR count). The first-order chi connectivity index (χ1) is 6.54. The molecule has 0 bridgehead atoms. The second-order valence-electron chi connectivity index (χ2n) is 2.74. The minimum absolute atomic E-state index is 0.0620. The van der Waals surface area contributed by atoms with Crippen LogP contribution in [0.1, 0.15) is 13.3 Å². The molecule has 0 aliphatic rings. The Bertz CT molecular complexity index is 239. The summed E-state index contributed by atoms with van der Waals surface area (Å²) < 4.78 is 0. The number of rotatable bonds is 6. The summed E-state index contributed by atoms with van der Waals surface area (Å²) in [4.78, 5) is 13.3. The van der Waals surface area contributed by atoms with Crippen molar-refractivity contribution in [2.75, 3.05) is 6.54 Å². The topological polar surface area (TPSA) is 127 Å². The van der Waals surface area contributed by atoms with Crippen LogP contribution in [0, 0.1) is 0 Å². The molecule has 0 aromatic rings. The highest BCUT2D eigenvalue weighted by Crippen LogP contribution is 2.04. The lowest BCUT2D eigenvalue weighted by molar-refractivity contribution is -0.137. The lowest BCUT2D eigenvalue weighted by Gasteiger charge is -2.20. The number of carbonyl (C=O) groups is 1. The number of ketones is 1. The number of aliphatic hydroxyl groups is 3. The molecule has 0 aromatic heterocycles. The van der Waals surface area contributed by atoms with Crippen molar-refractivity contribution in [1.82, 2.24) is 0 Å². The van der Waals surface area contributed by atoms with Crippen LogP contribution in [0.4, 0.5) is 0 Å². The van der Waals surface area contributed by atoms with Crippen LogP contribution in [0.25, 0.3) is 10.4 Å². The van der Waals surface area contributed by atoms with Gasteiger partial charge in [0.1, 0.15) is 12.2 Å². The Morgan fingerprint density at radius 3 is 2.50 bits per heavy atom. The molecule has 80 valence electrons. The van der Waals surface area contributed by atoms with E-state index in [0.29, 0.717) is 0 Å². The standard InChI is InChI=1S/C7H13N3O4/c1-2-4(11)6(13)7(14)5(12)3-9-10-8/h5-7,12-14H,2-3H2,1H3/t5?,6-,7?/m0/s1. The van der Waals surface area contributed by atoms with E-state index in [0.717, 1.165) is 0 Å². The number of hydrogen-bond donors (Lipinski definition) is 3. The van der Waals surface area contributed by atoms with Crippen molar-refractivity contribution in [1.29, 1.82) is 0 Å². The molecule has 14 heavy (non-hydrogen) atoms. The first-order valence-corrected chi connectivity index (χ1v) is 4.12. The molecular formula is C7H13N3O4. The molecule has 0 spiro atoms. The average Bonchev–Trinajstić information content (AvgIpc) is 2.22. The van der Waals surface area contributed by atoms with Crippen LogP contribution in [-0.4, -0.2) is 46.0 Å². The SMILES string of the molecule is CCC(=O)[C@H](O)C(O)C(O)CN=[N+]=[N-]. The van der Waals surface area contributed by atoms with E-state index in [1.165, 1.54) is 6.92 Å². The molecule has 3 atom stereocenters. The summed E-state index contributed by atoms with van der Waals surface area (Å²) in [5, 5.41) is 30.5. The van der Waals surface area contributed by atoms with Crippen LogP contribution in [0.2, 0.25) is 0 Å². The van der Waals surface area contributed by atoms with Crippen molar-refractivity contribution in [2.45, 2.75) is 31.7 Å². The maximum atomic E-state index is 10.9. The van der Waals surface area contributed by atoms with Gasteiger partial charge in [0.25, 0.3) is 0 Å². The van der Waals surface area contributed by atoms with Crippen LogP contribution >= 0.6 is 0 Å². The molecule has 0 saturated carbocycles. The fraction of sp³-hybridized carbons (Fsp3) is 0.857. The fourth-order valence-electron chi connectivity index (χ4n) is 0.838. The van der Waals surface area contributed by atoms with E-state index in [1.54, 1.807) is 0 Å². The number of nitrogens with zero attached hydrogens (tertiary/aromatic N) is 3. The van der Waals surface area contributed by atoms with Crippen molar-refractivity contribution in [3.8, 4) is 0 Å². The molecule has 3 N–H and O–H groups in total. The monoisotopic (exact) mass is 203 g/mol. The highest BCUT2D eigenvalue weighted by molar-refractivity contribution is 5.83. The van der Waals surface area contributed by atoms with E-state index in [9.17, 15) is 9.90 Å². The number of azide groups is 1. The average molecular weight is 203 g/mol. The predicted molar refractivity (Wildman–Crippen MR) is 47.3 cm³/mol. The fourth-order valence-corrected chi connectivity index (χ4v) is 0.838. The van der Waals surface area contributed by atoms with E-state index in [-0.39, 0.29) is 13.0 Å². The van der Waals surface area contributed by atoms with Crippen molar-refractivity contribution in [2.24, 2.45) is 5.11 Å². The molecule has 7 nitrogen and oxygen atoms in total. The Balaban J connectivity index is 4.22. The summed E-state index contributed by atoms with van der Waals surface area (Å²) in [5.74, 6) is -0.572. The number of hydrogen-bond acceptors (Lipinski definition) is 5. The molecule has 2 unspecified atom stereocenters. The molecule has 0 heterocycles. The zero-order valence-corrected chi connectivity index (χ0v) is 7.74. The van der Waals surface area contributed by atoms with Gasteiger partial charge in [0.05, 0.1) is 12.6 Å². The zero-order valence-electron chi connectivity index (χ0n) is 7.74. The highest BCUT2D eigenvalue weighted by atomic mass is 16.4. The zero-order chi connectivity index (χ0) is 11.1. The molecule has 0 radical (unpaired) electrons. The normalized spacial score (nSPS) is 16.6. The van der Waals surface area contributed by atoms with Gasteiger partial charge in [-0.15, -0.1) is 0 Å². The number of carbonyl (C=O) groups excluding carboxylic acids is 1. The van der Waals surface area contributed by atoms with Gasteiger partial charge in [-0.05, 0) is 5.53 Å². The van der Waals surface area contributed by atoms with E-state index < -0.39 is 24.1 Å². The Hall–Kier alpha value is -1.14. The second kappa shape index (κ2) is 6.33. The van der Waals surface area contributed by atoms with Gasteiger partial charge >= 0.3 is 0 Å². The van der Waals surface area contributed by atoms with Crippen LogP contribution < -0.4 is 0 Å². The Kier molecular flexibility index (Phi) is 5.82. The van der Waals surface area contributed by atoms with E-state index >= 15 is 0 Å². The smallest absolute Gasteiger partial charge is 0.163 e. The van der Waals surface area contributed by atoms with Gasteiger partial charge in [-0.3, -0.25) is 4.79 Å². The summed E-state index contributed by atoms with van der Waals surface area (Å²) >= 11 is 0. The molecule has 0 aromatic carbocycles. The maximum absolute atomic E-state index is 10.9. The first kappa shape index (κ1) is 12.9. The maximum Gasteiger partial charge on any atom is 0.163 e. The van der Waals surface area contributed by atoms with E-state index in [2.05, 4.69) is 10.0 Å². The van der Waals surface area contributed by atoms with Gasteiger partial charge in [-0.1, -0.05) is 12.0 Å². The van der Waals surface area contributed by atoms with Gasteiger partial charge in [0.2, 0.25) is 0 Å². The third kappa shape index (κ3) is 3.71. The van der Waals surface area contributed by atoms with Gasteiger partial charge in [-0.25, -0.2) is 0 Å². The minimum atomic E-state index is -1.64. The first-order valence-electron chi connectivity index (χ1n) is 4.12. The summed E-state index contributed by atoms with van der Waals surface area (Å²) in [7, 11) is 0. The van der Waals surface area contributed by atoms with Gasteiger partial charge in [0, 0.05) is 11.3 Å². The van der Waals surface area contributed by atoms with Gasteiger partial charge in [-0.2, -0.15) is 0 Å². The summed E-state index contributed by atoms with van der Waals surface area (Å²) in [6.07, 6.45) is -4.62. The predicted octanol–water partition coefficient (Wildman–Crippen LogP) is -0.642. The molecule has 0 saturated heterocycles. The van der Waals surface area contributed by atoms with Gasteiger partial charge in [0.15, 0.2) is 5.78 Å². The second-order valence-corrected chi connectivity index (χ2v) is 2.74. The largest absolute Gasteiger partial charge is 0.390 e. The van der Waals surface area contributed by atoms with Crippen molar-refractivity contribution in [3.63, 3.8) is 0 Å². The highest BCUT2D eigenvalue weighted by Gasteiger charge is 2.28. The Morgan fingerprint density at radius 2 is 2.07 bits per heavy atom. The van der Waals surface area contributed by atoms with Crippen LogP contribution in [0.5, 0.6) is 0 Å². The molecule has 7 heteroatoms. The van der Waals surface area contributed by atoms with Crippen molar-refractivity contribution >= 4 is 5.78 Å². The molecular weight excluding hydrogens is 190 g/mol. The lowest BCUT2D eigenvalue weighted by atomic mass is 10.0. The third-order valence-corrected chi connectivity index (χ3v) is 1.73. The summed E-state index contributed by atoms with van der Waals surface area (Å²) in [5.41, 5.74) is 7.93. The van der Waals surface area contributed by atoms with E-state index in [1.807, 2.05) is 0 Å². The van der Waals surface area contributed by atoms with Crippen LogP contribution in [-0.2, 0) is 4.79 Å². The van der Waals surface area contributed by atoms with Crippen LogP contribution in [0.3, 0.4) is 0 Å². The molecule has 0 fully saturated rings. The van der Waals surface area contributed by atoms with Crippen molar-refractivity contribution in [3.05, 3.63) is 10.4 Å². The summed E-state index contributed by atoms with van der Waals surface area (Å²) in [6.45, 7) is 1.14. The third-order valence-electron chi connectivity index (χ3n) is 1.73.